The van der Waals surface area contributed by atoms with Crippen LogP contribution in [-0.4, -0.2) is 36.7 Å². The molecule has 0 bridgehead atoms. The summed E-state index contributed by atoms with van der Waals surface area (Å²) >= 11 is 0. The Labute approximate surface area is 161 Å². The monoisotopic (exact) mass is 382 g/mol. The maximum Gasteiger partial charge on any atom is 0.335 e. The van der Waals surface area contributed by atoms with E-state index >= 15 is 0 Å². The number of rotatable bonds is 5. The number of carbonyl (C=O) groups is 3. The van der Waals surface area contributed by atoms with Gasteiger partial charge in [-0.05, 0) is 55.0 Å². The van der Waals surface area contributed by atoms with Crippen LogP contribution in [0.5, 0.6) is 17.2 Å². The molecule has 2 aromatic carbocycles. The lowest BCUT2D eigenvalue weighted by Crippen LogP contribution is -2.54. The van der Waals surface area contributed by atoms with Crippen molar-refractivity contribution >= 4 is 29.6 Å². The Balaban J connectivity index is 1.95. The number of methoxy groups -OCH3 is 1. The highest BCUT2D eigenvalue weighted by Crippen LogP contribution is 2.28. The highest BCUT2D eigenvalue weighted by atomic mass is 16.5. The molecule has 1 aliphatic rings. The van der Waals surface area contributed by atoms with Crippen molar-refractivity contribution in [2.45, 2.75) is 6.92 Å². The summed E-state index contributed by atoms with van der Waals surface area (Å²) < 4.78 is 10.4. The standard InChI is InChI=1S/C20H18N2O6/c1-3-28-14-7-5-13(6-8-14)22-19(25)15(18(24)21-20(22)26)10-12-4-9-16(23)17(11-12)27-2/h4-11,23H,3H2,1-2H3,(H,21,24,26). The van der Waals surface area contributed by atoms with Gasteiger partial charge in [0.2, 0.25) is 0 Å². The minimum atomic E-state index is -0.834. The Hall–Kier alpha value is -3.81. The van der Waals surface area contributed by atoms with Crippen molar-refractivity contribution in [2.24, 2.45) is 0 Å². The zero-order valence-corrected chi connectivity index (χ0v) is 15.3. The number of aromatic hydroxyl groups is 1. The zero-order valence-electron chi connectivity index (χ0n) is 15.3. The summed E-state index contributed by atoms with van der Waals surface area (Å²) in [6, 6.07) is 9.90. The number of phenolic OH excluding ortho intramolecular Hbond substituents is 1. The first-order valence-corrected chi connectivity index (χ1v) is 8.46. The van der Waals surface area contributed by atoms with Crippen LogP contribution >= 0.6 is 0 Å². The number of urea groups is 1. The molecule has 1 fully saturated rings. The Morgan fingerprint density at radius 1 is 1.11 bits per heavy atom. The normalized spacial score (nSPS) is 15.6. The van der Waals surface area contributed by atoms with Crippen molar-refractivity contribution in [2.75, 3.05) is 18.6 Å². The second-order valence-corrected chi connectivity index (χ2v) is 5.82. The second kappa shape index (κ2) is 7.83. The number of carbonyl (C=O) groups excluding carboxylic acids is 3. The molecule has 0 radical (unpaired) electrons. The van der Waals surface area contributed by atoms with Crippen LogP contribution in [0.15, 0.2) is 48.0 Å². The van der Waals surface area contributed by atoms with Gasteiger partial charge in [-0.1, -0.05) is 6.07 Å². The minimum Gasteiger partial charge on any atom is -0.504 e. The van der Waals surface area contributed by atoms with Gasteiger partial charge in [-0.3, -0.25) is 14.9 Å². The fraction of sp³-hybridized carbons (Fsp3) is 0.150. The van der Waals surface area contributed by atoms with Gasteiger partial charge in [0.05, 0.1) is 19.4 Å². The van der Waals surface area contributed by atoms with Crippen molar-refractivity contribution in [3.63, 3.8) is 0 Å². The summed E-state index contributed by atoms with van der Waals surface area (Å²) in [6.45, 7) is 2.33. The first-order chi connectivity index (χ1) is 13.4. The third-order valence-corrected chi connectivity index (χ3v) is 4.02. The molecule has 1 saturated heterocycles. The first kappa shape index (κ1) is 19.0. The number of barbiturate groups is 1. The molecule has 1 aliphatic heterocycles. The molecule has 28 heavy (non-hydrogen) atoms. The SMILES string of the molecule is CCOc1ccc(N2C(=O)NC(=O)C(=Cc3ccc(O)c(OC)c3)C2=O)cc1. The number of phenols is 1. The molecule has 0 unspecified atom stereocenters. The highest BCUT2D eigenvalue weighted by molar-refractivity contribution is 6.39. The number of nitrogens with one attached hydrogen (secondary N) is 1. The lowest BCUT2D eigenvalue weighted by atomic mass is 10.1. The van der Waals surface area contributed by atoms with Gasteiger partial charge in [-0.2, -0.15) is 0 Å². The predicted octanol–water partition coefficient (Wildman–Crippen LogP) is 2.47. The molecule has 8 nitrogen and oxygen atoms in total. The van der Waals surface area contributed by atoms with Crippen LogP contribution < -0.4 is 19.7 Å². The molecule has 4 amide bonds. The molecular formula is C20H18N2O6. The van der Waals surface area contributed by atoms with Gasteiger partial charge in [-0.15, -0.1) is 0 Å². The van der Waals surface area contributed by atoms with Crippen molar-refractivity contribution < 1.29 is 29.0 Å². The van der Waals surface area contributed by atoms with Crippen LogP contribution in [0.4, 0.5) is 10.5 Å². The molecule has 8 heteroatoms. The number of imide groups is 2. The molecule has 144 valence electrons. The van der Waals surface area contributed by atoms with E-state index in [9.17, 15) is 19.5 Å². The number of hydrogen-bond acceptors (Lipinski definition) is 6. The van der Waals surface area contributed by atoms with Gasteiger partial charge in [0.15, 0.2) is 11.5 Å². The van der Waals surface area contributed by atoms with E-state index in [0.717, 1.165) is 4.90 Å². The van der Waals surface area contributed by atoms with E-state index in [1.165, 1.54) is 31.4 Å². The molecule has 2 aromatic rings. The van der Waals surface area contributed by atoms with E-state index < -0.39 is 17.8 Å². The molecule has 0 aliphatic carbocycles. The fourth-order valence-electron chi connectivity index (χ4n) is 2.70. The van der Waals surface area contributed by atoms with E-state index in [4.69, 9.17) is 9.47 Å². The van der Waals surface area contributed by atoms with Gasteiger partial charge < -0.3 is 14.6 Å². The molecule has 0 spiro atoms. The van der Waals surface area contributed by atoms with E-state index in [0.29, 0.717) is 23.6 Å². The lowest BCUT2D eigenvalue weighted by Gasteiger charge is -2.26. The summed E-state index contributed by atoms with van der Waals surface area (Å²) in [5.41, 5.74) is 0.531. The zero-order chi connectivity index (χ0) is 20.3. The number of amides is 4. The minimum absolute atomic E-state index is 0.0738. The van der Waals surface area contributed by atoms with Crippen molar-refractivity contribution in [3.05, 3.63) is 53.6 Å². The maximum absolute atomic E-state index is 12.8. The third-order valence-electron chi connectivity index (χ3n) is 4.02. The molecule has 3 rings (SSSR count). The summed E-state index contributed by atoms with van der Waals surface area (Å²) in [7, 11) is 1.39. The van der Waals surface area contributed by atoms with E-state index in [2.05, 4.69) is 5.32 Å². The Morgan fingerprint density at radius 2 is 1.82 bits per heavy atom. The Bertz CT molecular complexity index is 965. The number of nitrogens with zero attached hydrogens (tertiary/aromatic N) is 1. The molecule has 0 aromatic heterocycles. The second-order valence-electron chi connectivity index (χ2n) is 5.82. The van der Waals surface area contributed by atoms with Gasteiger partial charge in [0.25, 0.3) is 11.8 Å². The highest BCUT2D eigenvalue weighted by Gasteiger charge is 2.36. The summed E-state index contributed by atoms with van der Waals surface area (Å²) in [6.07, 6.45) is 1.33. The van der Waals surface area contributed by atoms with Crippen LogP contribution in [0.2, 0.25) is 0 Å². The molecular weight excluding hydrogens is 364 g/mol. The Kier molecular flexibility index (Phi) is 5.30. The van der Waals surface area contributed by atoms with E-state index in [1.807, 2.05) is 6.92 Å². The van der Waals surface area contributed by atoms with E-state index in [-0.39, 0.29) is 17.1 Å². The average molecular weight is 382 g/mol. The Morgan fingerprint density at radius 3 is 2.46 bits per heavy atom. The van der Waals surface area contributed by atoms with Crippen LogP contribution in [0, 0.1) is 0 Å². The fourth-order valence-corrected chi connectivity index (χ4v) is 2.70. The van der Waals surface area contributed by atoms with Crippen LogP contribution in [-0.2, 0) is 9.59 Å². The number of ether oxygens (including phenoxy) is 2. The average Bonchev–Trinajstić information content (AvgIpc) is 2.67. The maximum atomic E-state index is 12.8. The molecule has 2 N–H and O–H groups in total. The van der Waals surface area contributed by atoms with Crippen LogP contribution in [0.3, 0.4) is 0 Å². The number of anilines is 1. The number of hydrogen-bond donors (Lipinski definition) is 2. The van der Waals surface area contributed by atoms with Crippen molar-refractivity contribution in [1.29, 1.82) is 0 Å². The first-order valence-electron chi connectivity index (χ1n) is 8.46. The topological polar surface area (TPSA) is 105 Å². The van der Waals surface area contributed by atoms with Gasteiger partial charge in [0, 0.05) is 0 Å². The summed E-state index contributed by atoms with van der Waals surface area (Å²) in [5.74, 6) is -0.846. The van der Waals surface area contributed by atoms with Gasteiger partial charge in [-0.25, -0.2) is 9.69 Å². The van der Waals surface area contributed by atoms with Gasteiger partial charge in [0.1, 0.15) is 11.3 Å². The molecule has 1 heterocycles. The van der Waals surface area contributed by atoms with Crippen molar-refractivity contribution in [3.8, 4) is 17.2 Å². The third kappa shape index (κ3) is 3.66. The quantitative estimate of drug-likeness (QED) is 0.608. The number of benzene rings is 2. The summed E-state index contributed by atoms with van der Waals surface area (Å²) in [5, 5.41) is 11.8. The van der Waals surface area contributed by atoms with E-state index in [1.54, 1.807) is 24.3 Å². The summed E-state index contributed by atoms with van der Waals surface area (Å²) in [4.78, 5) is 38.2. The van der Waals surface area contributed by atoms with Gasteiger partial charge >= 0.3 is 6.03 Å². The predicted molar refractivity (Wildman–Crippen MR) is 101 cm³/mol. The molecule has 0 saturated carbocycles. The van der Waals surface area contributed by atoms with Crippen LogP contribution in [0.1, 0.15) is 12.5 Å². The van der Waals surface area contributed by atoms with Crippen molar-refractivity contribution in [1.82, 2.24) is 5.32 Å². The lowest BCUT2D eigenvalue weighted by molar-refractivity contribution is -0.122. The smallest absolute Gasteiger partial charge is 0.335 e. The molecule has 0 atom stereocenters. The largest absolute Gasteiger partial charge is 0.504 e. The van der Waals surface area contributed by atoms with Crippen LogP contribution in [0.25, 0.3) is 6.08 Å².